The SMILES string of the molecule is COc1cccc(-c2ccc(CN3CCc4nc(-c5ccccc5)[nH]c(=O)c4C3)cn2)c1. The van der Waals surface area contributed by atoms with Crippen molar-refractivity contribution in [2.75, 3.05) is 13.7 Å². The van der Waals surface area contributed by atoms with Crippen molar-refractivity contribution in [3.05, 3.63) is 100 Å². The van der Waals surface area contributed by atoms with Crippen molar-refractivity contribution in [2.24, 2.45) is 0 Å². The van der Waals surface area contributed by atoms with E-state index < -0.39 is 0 Å². The summed E-state index contributed by atoms with van der Waals surface area (Å²) in [5.41, 5.74) is 5.58. The lowest BCUT2D eigenvalue weighted by atomic mass is 10.1. The van der Waals surface area contributed by atoms with Crippen LogP contribution in [0.4, 0.5) is 0 Å². The number of aromatic nitrogens is 3. The molecular weight excluding hydrogens is 400 g/mol. The van der Waals surface area contributed by atoms with Gasteiger partial charge in [0, 0.05) is 43.4 Å². The molecule has 5 rings (SSSR count). The van der Waals surface area contributed by atoms with Crippen molar-refractivity contribution in [1.29, 1.82) is 0 Å². The lowest BCUT2D eigenvalue weighted by Crippen LogP contribution is -2.35. The second-order valence-electron chi connectivity index (χ2n) is 7.95. The average Bonchev–Trinajstić information content (AvgIpc) is 2.85. The zero-order valence-electron chi connectivity index (χ0n) is 17.9. The van der Waals surface area contributed by atoms with Gasteiger partial charge in [-0.05, 0) is 23.8 Å². The number of hydrogen-bond acceptors (Lipinski definition) is 5. The van der Waals surface area contributed by atoms with Crippen LogP contribution in [-0.2, 0) is 19.5 Å². The fourth-order valence-corrected chi connectivity index (χ4v) is 4.08. The van der Waals surface area contributed by atoms with Gasteiger partial charge in [0.15, 0.2) is 0 Å². The predicted octanol–water partition coefficient (Wildman–Crippen LogP) is 4.07. The highest BCUT2D eigenvalue weighted by atomic mass is 16.5. The Balaban J connectivity index is 1.30. The highest BCUT2D eigenvalue weighted by molar-refractivity contribution is 5.61. The fraction of sp³-hybridized carbons (Fsp3) is 0.192. The second-order valence-corrected chi connectivity index (χ2v) is 7.95. The molecule has 0 amide bonds. The Kier molecular flexibility index (Phi) is 5.52. The number of ether oxygens (including phenoxy) is 1. The van der Waals surface area contributed by atoms with Gasteiger partial charge in [-0.15, -0.1) is 0 Å². The van der Waals surface area contributed by atoms with Crippen LogP contribution in [0.1, 0.15) is 16.8 Å². The lowest BCUT2D eigenvalue weighted by Gasteiger charge is -2.27. The van der Waals surface area contributed by atoms with Crippen LogP contribution in [0.5, 0.6) is 5.75 Å². The molecule has 0 unspecified atom stereocenters. The molecule has 0 bridgehead atoms. The van der Waals surface area contributed by atoms with Crippen LogP contribution in [0.2, 0.25) is 0 Å². The summed E-state index contributed by atoms with van der Waals surface area (Å²) in [6.07, 6.45) is 2.67. The minimum absolute atomic E-state index is 0.0509. The van der Waals surface area contributed by atoms with E-state index in [0.29, 0.717) is 12.4 Å². The number of aromatic amines is 1. The van der Waals surface area contributed by atoms with Gasteiger partial charge < -0.3 is 9.72 Å². The molecule has 6 nitrogen and oxygen atoms in total. The smallest absolute Gasteiger partial charge is 0.255 e. The number of nitrogens with zero attached hydrogens (tertiary/aromatic N) is 3. The van der Waals surface area contributed by atoms with Crippen LogP contribution in [0.15, 0.2) is 77.7 Å². The number of hydrogen-bond donors (Lipinski definition) is 1. The number of nitrogens with one attached hydrogen (secondary N) is 1. The molecule has 0 saturated carbocycles. The zero-order valence-corrected chi connectivity index (χ0v) is 17.9. The first kappa shape index (κ1) is 20.2. The molecule has 2 aromatic carbocycles. The maximum Gasteiger partial charge on any atom is 0.255 e. The summed E-state index contributed by atoms with van der Waals surface area (Å²) in [5, 5.41) is 0. The first-order chi connectivity index (χ1) is 15.7. The fourth-order valence-electron chi connectivity index (χ4n) is 4.08. The maximum atomic E-state index is 12.8. The Bertz CT molecular complexity index is 1280. The largest absolute Gasteiger partial charge is 0.497 e. The van der Waals surface area contributed by atoms with Gasteiger partial charge in [-0.2, -0.15) is 0 Å². The molecule has 0 radical (unpaired) electrons. The van der Waals surface area contributed by atoms with Gasteiger partial charge in [-0.3, -0.25) is 14.7 Å². The number of benzene rings is 2. The molecule has 0 aliphatic carbocycles. The summed E-state index contributed by atoms with van der Waals surface area (Å²) in [5.74, 6) is 1.45. The normalized spacial score (nSPS) is 13.5. The first-order valence-corrected chi connectivity index (χ1v) is 10.7. The third-order valence-corrected chi connectivity index (χ3v) is 5.79. The van der Waals surface area contributed by atoms with E-state index in [1.54, 1.807) is 7.11 Å². The minimum atomic E-state index is -0.0509. The summed E-state index contributed by atoms with van der Waals surface area (Å²) in [4.78, 5) is 27.4. The van der Waals surface area contributed by atoms with E-state index in [1.807, 2.05) is 66.9 Å². The Hall–Kier alpha value is -3.77. The van der Waals surface area contributed by atoms with Crippen LogP contribution in [-0.4, -0.2) is 33.5 Å². The van der Waals surface area contributed by atoms with E-state index in [1.165, 1.54) is 0 Å². The van der Waals surface area contributed by atoms with E-state index >= 15 is 0 Å². The Morgan fingerprint density at radius 2 is 1.88 bits per heavy atom. The number of pyridine rings is 1. The van der Waals surface area contributed by atoms with Gasteiger partial charge in [-0.1, -0.05) is 48.5 Å². The molecule has 0 atom stereocenters. The molecule has 1 aliphatic rings. The molecule has 0 fully saturated rings. The second kappa shape index (κ2) is 8.77. The van der Waals surface area contributed by atoms with E-state index in [2.05, 4.69) is 20.9 Å². The van der Waals surface area contributed by atoms with Crippen molar-refractivity contribution >= 4 is 0 Å². The molecule has 1 N–H and O–H groups in total. The van der Waals surface area contributed by atoms with Crippen molar-refractivity contribution in [2.45, 2.75) is 19.5 Å². The van der Waals surface area contributed by atoms with Crippen LogP contribution < -0.4 is 10.3 Å². The van der Waals surface area contributed by atoms with Crippen molar-refractivity contribution in [3.8, 4) is 28.4 Å². The summed E-state index contributed by atoms with van der Waals surface area (Å²) < 4.78 is 5.30. The van der Waals surface area contributed by atoms with Gasteiger partial charge in [0.2, 0.25) is 0 Å². The third kappa shape index (κ3) is 4.18. The quantitative estimate of drug-likeness (QED) is 0.523. The Morgan fingerprint density at radius 1 is 1.03 bits per heavy atom. The van der Waals surface area contributed by atoms with Gasteiger partial charge >= 0.3 is 0 Å². The van der Waals surface area contributed by atoms with E-state index in [9.17, 15) is 4.79 Å². The molecule has 0 saturated heterocycles. The molecule has 0 spiro atoms. The third-order valence-electron chi connectivity index (χ3n) is 5.79. The van der Waals surface area contributed by atoms with Crippen LogP contribution in [0, 0.1) is 0 Å². The predicted molar refractivity (Wildman–Crippen MR) is 124 cm³/mol. The summed E-state index contributed by atoms with van der Waals surface area (Å²) in [7, 11) is 1.66. The molecule has 160 valence electrons. The lowest BCUT2D eigenvalue weighted by molar-refractivity contribution is 0.241. The molecule has 1 aliphatic heterocycles. The standard InChI is InChI=1S/C26H24N4O2/c1-32-21-9-5-8-20(14-21)23-11-10-18(15-27-23)16-30-13-12-24-22(17-30)26(31)29-25(28-24)19-6-3-2-4-7-19/h2-11,14-15H,12-13,16-17H2,1H3,(H,28,29,31). The Morgan fingerprint density at radius 3 is 2.66 bits per heavy atom. The molecule has 2 aromatic heterocycles. The van der Waals surface area contributed by atoms with Gasteiger partial charge in [0.1, 0.15) is 11.6 Å². The summed E-state index contributed by atoms with van der Waals surface area (Å²) >= 11 is 0. The average molecular weight is 425 g/mol. The van der Waals surface area contributed by atoms with Gasteiger partial charge in [0.05, 0.1) is 24.1 Å². The van der Waals surface area contributed by atoms with Gasteiger partial charge in [0.25, 0.3) is 5.56 Å². The van der Waals surface area contributed by atoms with Crippen molar-refractivity contribution in [1.82, 2.24) is 19.9 Å². The highest BCUT2D eigenvalue weighted by Crippen LogP contribution is 2.23. The van der Waals surface area contributed by atoms with E-state index in [4.69, 9.17) is 9.72 Å². The molecule has 4 aromatic rings. The van der Waals surface area contributed by atoms with E-state index in [-0.39, 0.29) is 5.56 Å². The zero-order chi connectivity index (χ0) is 21.9. The molecular formula is C26H24N4O2. The van der Waals surface area contributed by atoms with Crippen molar-refractivity contribution in [3.63, 3.8) is 0 Å². The van der Waals surface area contributed by atoms with Crippen LogP contribution in [0.25, 0.3) is 22.6 Å². The molecule has 6 heteroatoms. The molecule has 3 heterocycles. The number of rotatable bonds is 5. The maximum absolute atomic E-state index is 12.8. The van der Waals surface area contributed by atoms with Crippen molar-refractivity contribution < 1.29 is 4.74 Å². The van der Waals surface area contributed by atoms with Gasteiger partial charge in [-0.25, -0.2) is 4.98 Å². The highest BCUT2D eigenvalue weighted by Gasteiger charge is 2.21. The number of H-pyrrole nitrogens is 1. The van der Waals surface area contributed by atoms with E-state index in [0.717, 1.165) is 58.9 Å². The minimum Gasteiger partial charge on any atom is -0.497 e. The number of fused-ring (bicyclic) bond motifs is 1. The first-order valence-electron chi connectivity index (χ1n) is 10.7. The molecule has 32 heavy (non-hydrogen) atoms. The van der Waals surface area contributed by atoms with Crippen LogP contribution in [0.3, 0.4) is 0 Å². The number of methoxy groups -OCH3 is 1. The monoisotopic (exact) mass is 424 g/mol. The summed E-state index contributed by atoms with van der Waals surface area (Å²) in [6, 6.07) is 21.8. The Labute approximate surface area is 186 Å². The summed E-state index contributed by atoms with van der Waals surface area (Å²) in [6.45, 7) is 2.18. The topological polar surface area (TPSA) is 71.1 Å². The van der Waals surface area contributed by atoms with Crippen LogP contribution >= 0.6 is 0 Å².